The van der Waals surface area contributed by atoms with Crippen molar-refractivity contribution in [3.63, 3.8) is 0 Å². The SMILES string of the molecule is CN1CCN(c2ccc(Nc3ncc4c(=O)n5n(c4n3)-c3ccc4c(c3)N(CCCC=CC5)C(=O)C4)cc2)CC1.CN1Cc2cc(Nc3ncc4c(=O)n5n(c4n3)-c3cccc(n3)OCCCC/C=C/C5)ccc2C2(CC2)C1.CN1Cc2cc(Nc3ncc4c(=O)n5n(c4n3)-c3cccc(n3)OCCCC=CC5)ccc2C1=O. The van der Waals surface area contributed by atoms with Crippen LogP contribution in [0.3, 0.4) is 0 Å². The second-order valence-corrected chi connectivity index (χ2v) is 30.1. The number of amides is 2. The van der Waals surface area contributed by atoms with Crippen LogP contribution in [0.15, 0.2) is 185 Å². The summed E-state index contributed by atoms with van der Waals surface area (Å²) < 4.78 is 22.0. The molecule has 1 spiro atoms. The number of ether oxygens (including phenoxy) is 2. The van der Waals surface area contributed by atoms with E-state index in [1.54, 1.807) is 59.9 Å². The average Bonchev–Trinajstić information content (AvgIpc) is 1.58. The van der Waals surface area contributed by atoms with Gasteiger partial charge in [-0.25, -0.2) is 43.0 Å². The lowest BCUT2D eigenvalue weighted by atomic mass is 9.87. The summed E-state index contributed by atoms with van der Waals surface area (Å²) in [4.78, 5) is 113. The largest absolute Gasteiger partial charge is 0.478 e. The molecule has 12 aromatic rings. The summed E-state index contributed by atoms with van der Waals surface area (Å²) in [5, 5.41) is 11.2. The van der Waals surface area contributed by atoms with Crippen molar-refractivity contribution in [1.82, 2.24) is 82.7 Å². The maximum absolute atomic E-state index is 13.5. The Morgan fingerprint density at radius 3 is 1.59 bits per heavy atom. The molecule has 0 unspecified atom stereocenters. The van der Waals surface area contributed by atoms with Gasteiger partial charge in [0.15, 0.2) is 28.6 Å². The summed E-state index contributed by atoms with van der Waals surface area (Å²) >= 11 is 0. The standard InChI is InChI=1S/C30H32N8O2.C29H31N7O2.C25H23N7O3/c1-34-14-16-35(17-15-34)23-10-7-22(8-11-23)32-30-31-20-25-28(33-30)38-24-9-6-21-18-27(39)36(26(21)19-24)12-4-2-3-5-13-37(38)29(25)40;1-34-18-20-16-21(10-11-23(20)29(19-34)12-13-29)31-28-30-17-22-26(33-28)36-24-8-7-9-25(32-24)38-15-6-4-2-3-5-14-35(36)27(22)37;1-30-15-16-13-17(9-10-18(16)23(30)33)27-25-26-14-19-22(29-25)32-20-7-6-8-21(28-20)35-12-5-3-2-4-11-31(32)24(19)34/h3,5-11,19-20H,2,4,12-18H2,1H3,(H,31,32,33);3,5,7-11,16-17H,2,4,6,12-15,18-19H2,1H3,(H,30,31,33);2,4,6-10,13-14H,3,5,11-12,15H2,1H3,(H,26,27,29)/b;5-3+;. The van der Waals surface area contributed by atoms with Gasteiger partial charge in [-0.05, 0) is 173 Å². The van der Waals surface area contributed by atoms with Crippen LogP contribution in [0.4, 0.5) is 46.3 Å². The number of piperazine rings is 1. The zero-order chi connectivity index (χ0) is 76.8. The zero-order valence-corrected chi connectivity index (χ0v) is 63.3. The zero-order valence-electron chi connectivity index (χ0n) is 63.3. The van der Waals surface area contributed by atoms with Crippen molar-refractivity contribution in [3.8, 4) is 29.1 Å². The molecule has 20 rings (SSSR count). The Labute approximate surface area is 649 Å². The highest BCUT2D eigenvalue weighted by atomic mass is 16.5. The van der Waals surface area contributed by atoms with Crippen molar-refractivity contribution in [2.75, 3.05) is 99.4 Å². The van der Waals surface area contributed by atoms with Crippen molar-refractivity contribution in [1.29, 1.82) is 0 Å². The Bertz CT molecular complexity index is 6000. The summed E-state index contributed by atoms with van der Waals surface area (Å²) in [6, 6.07) is 37.5. The quantitative estimate of drug-likeness (QED) is 0.125. The highest BCUT2D eigenvalue weighted by Crippen LogP contribution is 2.52. The van der Waals surface area contributed by atoms with Crippen LogP contribution >= 0.6 is 0 Å². The average molecular weight is 1520 g/mol. The molecule has 29 heteroatoms. The third kappa shape index (κ3) is 14.4. The second kappa shape index (κ2) is 30.4. The Kier molecular flexibility index (Phi) is 19.3. The van der Waals surface area contributed by atoms with Gasteiger partial charge in [-0.2, -0.15) is 24.9 Å². The fraction of sp³-hybridized carbons (Fsp3) is 0.321. The van der Waals surface area contributed by atoms with E-state index in [1.165, 1.54) is 35.9 Å². The van der Waals surface area contributed by atoms with Gasteiger partial charge in [0.25, 0.3) is 22.6 Å². The predicted molar refractivity (Wildman–Crippen MR) is 434 cm³/mol. The van der Waals surface area contributed by atoms with Crippen LogP contribution in [0.5, 0.6) is 11.8 Å². The van der Waals surface area contributed by atoms with Crippen LogP contribution in [0.25, 0.3) is 50.4 Å². The van der Waals surface area contributed by atoms with E-state index in [4.69, 9.17) is 24.4 Å². The number of fused-ring (bicyclic) bond motifs is 20. The second-order valence-electron chi connectivity index (χ2n) is 30.1. The van der Waals surface area contributed by atoms with Crippen LogP contribution in [0.2, 0.25) is 0 Å². The number of hydrogen-bond acceptors (Lipinski definition) is 21. The Morgan fingerprint density at radius 1 is 0.451 bits per heavy atom. The maximum Gasteiger partial charge on any atom is 0.278 e. The first-order valence-electron chi connectivity index (χ1n) is 38.8. The number of carbonyl (C=O) groups excluding carboxylic acids is 2. The van der Waals surface area contributed by atoms with Gasteiger partial charge < -0.3 is 49.9 Å². The highest BCUT2D eigenvalue weighted by molar-refractivity contribution is 6.02. The lowest BCUT2D eigenvalue weighted by Gasteiger charge is -2.34. The monoisotopic (exact) mass is 1510 g/mol. The van der Waals surface area contributed by atoms with Crippen molar-refractivity contribution >= 4 is 91.2 Å². The van der Waals surface area contributed by atoms with Crippen LogP contribution in [0, 0.1) is 0 Å². The van der Waals surface area contributed by atoms with Gasteiger partial charge in [-0.1, -0.05) is 60.7 Å². The van der Waals surface area contributed by atoms with Crippen LogP contribution < -0.4 is 51.9 Å². The van der Waals surface area contributed by atoms with Gasteiger partial charge in [-0.15, -0.1) is 0 Å². The Balaban J connectivity index is 0.000000118. The van der Waals surface area contributed by atoms with E-state index in [0.717, 1.165) is 124 Å². The van der Waals surface area contributed by atoms with Gasteiger partial charge in [-0.3, -0.25) is 24.0 Å². The van der Waals surface area contributed by atoms with Gasteiger partial charge in [0.2, 0.25) is 35.5 Å². The molecule has 3 N–H and O–H groups in total. The van der Waals surface area contributed by atoms with E-state index < -0.39 is 0 Å². The fourth-order valence-corrected chi connectivity index (χ4v) is 16.2. The first-order valence-corrected chi connectivity index (χ1v) is 38.8. The molecule has 15 heterocycles. The molecule has 113 heavy (non-hydrogen) atoms. The number of nitrogens with zero attached hydrogens (tertiary/aromatic N) is 19. The number of rotatable bonds is 7. The highest BCUT2D eigenvalue weighted by Gasteiger charge is 2.48. The molecule has 0 radical (unpaired) electrons. The third-order valence-electron chi connectivity index (χ3n) is 22.1. The molecule has 2 amide bonds. The number of benzene rings is 4. The molecule has 2 fully saturated rings. The number of carbonyl (C=O) groups is 2. The summed E-state index contributed by atoms with van der Waals surface area (Å²) in [5.74, 6) is 3.48. The minimum absolute atomic E-state index is 0.0157. The van der Waals surface area contributed by atoms with Gasteiger partial charge in [0, 0.05) is 130 Å². The smallest absolute Gasteiger partial charge is 0.278 e. The lowest BCUT2D eigenvalue weighted by Crippen LogP contribution is -2.44. The van der Waals surface area contributed by atoms with Gasteiger partial charge in [0.05, 0.1) is 45.0 Å². The van der Waals surface area contributed by atoms with E-state index >= 15 is 0 Å². The summed E-state index contributed by atoms with van der Waals surface area (Å²) in [6.07, 6.45) is 26.3. The molecular weight excluding hydrogens is 1430 g/mol. The van der Waals surface area contributed by atoms with E-state index in [0.29, 0.717) is 138 Å². The molecular formula is C84H86N22O7. The number of likely N-dealkylation sites (N-methyl/N-ethyl adjacent to an activating group) is 2. The Morgan fingerprint density at radius 2 is 0.982 bits per heavy atom. The van der Waals surface area contributed by atoms with E-state index in [9.17, 15) is 24.0 Å². The number of aromatic nitrogens is 14. The first kappa shape index (κ1) is 71.7. The summed E-state index contributed by atoms with van der Waals surface area (Å²) in [6.45, 7) is 9.87. The number of pyridine rings is 2. The number of anilines is 8. The molecule has 6 bridgehead atoms. The van der Waals surface area contributed by atoms with E-state index in [-0.39, 0.29) is 28.5 Å². The molecule has 0 atom stereocenters. The van der Waals surface area contributed by atoms with Gasteiger partial charge >= 0.3 is 0 Å². The molecule has 7 aliphatic heterocycles. The van der Waals surface area contributed by atoms with Crippen molar-refractivity contribution in [2.45, 2.75) is 102 Å². The van der Waals surface area contributed by atoms with Crippen LogP contribution in [-0.4, -0.2) is 168 Å². The minimum Gasteiger partial charge on any atom is -0.478 e. The molecule has 8 aliphatic rings. The van der Waals surface area contributed by atoms with E-state index in [1.807, 2.05) is 101 Å². The van der Waals surface area contributed by atoms with Crippen molar-refractivity contribution in [2.24, 2.45) is 0 Å². The number of hydrogen-bond donors (Lipinski definition) is 3. The van der Waals surface area contributed by atoms with Crippen LogP contribution in [-0.2, 0) is 49.4 Å². The van der Waals surface area contributed by atoms with Gasteiger partial charge in [0.1, 0.15) is 16.2 Å². The molecule has 1 aliphatic carbocycles. The fourth-order valence-electron chi connectivity index (χ4n) is 16.2. The number of allylic oxidation sites excluding steroid dienone is 6. The van der Waals surface area contributed by atoms with Crippen molar-refractivity contribution < 1.29 is 19.1 Å². The third-order valence-corrected chi connectivity index (χ3v) is 22.1. The molecule has 4 aromatic carbocycles. The van der Waals surface area contributed by atoms with E-state index in [2.05, 4.69) is 118 Å². The lowest BCUT2D eigenvalue weighted by molar-refractivity contribution is -0.117. The summed E-state index contributed by atoms with van der Waals surface area (Å²) in [5.41, 5.74) is 12.3. The molecule has 29 nitrogen and oxygen atoms in total. The molecule has 1 saturated heterocycles. The number of nitrogens with one attached hydrogen (secondary N) is 3. The molecule has 1 saturated carbocycles. The van der Waals surface area contributed by atoms with Crippen LogP contribution in [0.1, 0.15) is 90.4 Å². The molecule has 8 aromatic heterocycles. The predicted octanol–water partition coefficient (Wildman–Crippen LogP) is 10.7. The Hall–Kier alpha value is -12.9. The molecule has 574 valence electrons. The summed E-state index contributed by atoms with van der Waals surface area (Å²) in [7, 11) is 6.13. The first-order chi connectivity index (χ1) is 55.2. The topological polar surface area (TPSA) is 289 Å². The minimum atomic E-state index is -0.194. The van der Waals surface area contributed by atoms with Crippen molar-refractivity contribution in [3.05, 3.63) is 229 Å². The maximum atomic E-state index is 13.5. The normalized spacial score (nSPS) is 17.5.